The second-order valence-corrected chi connectivity index (χ2v) is 5.47. The molecule has 0 spiro atoms. The fourth-order valence-electron chi connectivity index (χ4n) is 2.46. The highest BCUT2D eigenvalue weighted by atomic mass is 19.4. The van der Waals surface area contributed by atoms with Gasteiger partial charge < -0.3 is 10.6 Å². The number of rotatable bonds is 4. The van der Waals surface area contributed by atoms with Gasteiger partial charge >= 0.3 is 12.2 Å². The topological polar surface area (TPSA) is 68.2 Å². The largest absolute Gasteiger partial charge is 0.401 e. The summed E-state index contributed by atoms with van der Waals surface area (Å²) in [5.41, 5.74) is 1.37. The lowest BCUT2D eigenvalue weighted by molar-refractivity contribution is -0.143. The molecule has 0 aromatic heterocycles. The van der Waals surface area contributed by atoms with Crippen molar-refractivity contribution >= 4 is 6.03 Å². The van der Waals surface area contributed by atoms with E-state index in [-0.39, 0.29) is 19.1 Å². The van der Waals surface area contributed by atoms with Gasteiger partial charge in [-0.3, -0.25) is 4.90 Å². The summed E-state index contributed by atoms with van der Waals surface area (Å²) in [5, 5.41) is 14.0. The molecular formula is C15H17F3N4O. The molecule has 0 aliphatic carbocycles. The van der Waals surface area contributed by atoms with Crippen LogP contribution in [-0.2, 0) is 6.54 Å². The van der Waals surface area contributed by atoms with Crippen molar-refractivity contribution in [3.8, 4) is 6.07 Å². The van der Waals surface area contributed by atoms with Crippen molar-refractivity contribution in [3.63, 3.8) is 0 Å². The summed E-state index contributed by atoms with van der Waals surface area (Å²) in [6.45, 7) is -0.140. The Kier molecular flexibility index (Phi) is 5.45. The molecule has 0 radical (unpaired) electrons. The summed E-state index contributed by atoms with van der Waals surface area (Å²) in [7, 11) is 0. The van der Waals surface area contributed by atoms with Gasteiger partial charge in [-0.05, 0) is 24.1 Å². The maximum absolute atomic E-state index is 12.3. The van der Waals surface area contributed by atoms with Crippen LogP contribution in [-0.4, -0.2) is 42.8 Å². The molecule has 2 N–H and O–H groups in total. The van der Waals surface area contributed by atoms with E-state index >= 15 is 0 Å². The second-order valence-electron chi connectivity index (χ2n) is 5.47. The summed E-state index contributed by atoms with van der Waals surface area (Å²) in [6, 6.07) is 8.09. The van der Waals surface area contributed by atoms with Gasteiger partial charge in [0.05, 0.1) is 18.2 Å². The molecule has 0 unspecified atom stereocenters. The van der Waals surface area contributed by atoms with Crippen LogP contribution in [0, 0.1) is 11.3 Å². The second kappa shape index (κ2) is 7.33. The van der Waals surface area contributed by atoms with Crippen molar-refractivity contribution in [2.75, 3.05) is 19.6 Å². The number of benzene rings is 1. The minimum absolute atomic E-state index is 0.198. The highest BCUT2D eigenvalue weighted by molar-refractivity contribution is 5.74. The standard InChI is InChI=1S/C15H17F3N4O/c16-15(17,18)10-22-6-5-13(9-22)21-14(23)20-8-12-3-1-11(7-19)2-4-12/h1-4,13H,5-6,8-10H2,(H2,20,21,23)/t13-/m1/s1. The Labute approximate surface area is 132 Å². The molecule has 1 heterocycles. The number of alkyl halides is 3. The lowest BCUT2D eigenvalue weighted by atomic mass is 10.1. The van der Waals surface area contributed by atoms with Gasteiger partial charge in [0, 0.05) is 25.7 Å². The van der Waals surface area contributed by atoms with E-state index in [1.165, 1.54) is 4.90 Å². The van der Waals surface area contributed by atoms with Crippen LogP contribution in [0.3, 0.4) is 0 Å². The third-order valence-electron chi connectivity index (χ3n) is 3.55. The number of hydrogen-bond donors (Lipinski definition) is 2. The fraction of sp³-hybridized carbons (Fsp3) is 0.467. The predicted octanol–water partition coefficient (Wildman–Crippen LogP) is 1.99. The van der Waals surface area contributed by atoms with Crippen LogP contribution in [0.4, 0.5) is 18.0 Å². The number of hydrogen-bond acceptors (Lipinski definition) is 3. The maximum Gasteiger partial charge on any atom is 0.401 e. The third kappa shape index (κ3) is 5.79. The van der Waals surface area contributed by atoms with E-state index in [0.717, 1.165) is 5.56 Å². The highest BCUT2D eigenvalue weighted by Gasteiger charge is 2.34. The monoisotopic (exact) mass is 326 g/mol. The lowest BCUT2D eigenvalue weighted by Gasteiger charge is -2.18. The van der Waals surface area contributed by atoms with Gasteiger partial charge in [0.25, 0.3) is 0 Å². The van der Waals surface area contributed by atoms with Crippen molar-refractivity contribution in [3.05, 3.63) is 35.4 Å². The number of likely N-dealkylation sites (tertiary alicyclic amines) is 1. The highest BCUT2D eigenvalue weighted by Crippen LogP contribution is 2.19. The molecule has 1 aromatic rings. The molecular weight excluding hydrogens is 309 g/mol. The van der Waals surface area contributed by atoms with Gasteiger partial charge in [0.2, 0.25) is 0 Å². The summed E-state index contributed by atoms with van der Waals surface area (Å²) in [6.07, 6.45) is -3.72. The fourth-order valence-corrected chi connectivity index (χ4v) is 2.46. The number of urea groups is 1. The van der Waals surface area contributed by atoms with Gasteiger partial charge in [-0.25, -0.2) is 4.79 Å². The molecule has 1 aromatic carbocycles. The number of halogens is 3. The first-order chi connectivity index (χ1) is 10.9. The zero-order valence-electron chi connectivity index (χ0n) is 12.4. The first-order valence-corrected chi connectivity index (χ1v) is 7.18. The van der Waals surface area contributed by atoms with Gasteiger partial charge in [-0.2, -0.15) is 18.4 Å². The zero-order valence-corrected chi connectivity index (χ0v) is 12.4. The lowest BCUT2D eigenvalue weighted by Crippen LogP contribution is -2.43. The molecule has 1 aliphatic rings. The molecule has 124 valence electrons. The van der Waals surface area contributed by atoms with Crippen molar-refractivity contribution in [2.24, 2.45) is 0 Å². The van der Waals surface area contributed by atoms with Crippen LogP contribution >= 0.6 is 0 Å². The zero-order chi connectivity index (χ0) is 16.9. The number of nitrogens with zero attached hydrogens (tertiary/aromatic N) is 2. The molecule has 1 saturated heterocycles. The number of nitriles is 1. The van der Waals surface area contributed by atoms with E-state index in [4.69, 9.17) is 5.26 Å². The van der Waals surface area contributed by atoms with Crippen LogP contribution in [0.15, 0.2) is 24.3 Å². The van der Waals surface area contributed by atoms with E-state index in [1.807, 2.05) is 6.07 Å². The molecule has 1 fully saturated rings. The number of amides is 2. The third-order valence-corrected chi connectivity index (χ3v) is 3.55. The summed E-state index contributed by atoms with van der Waals surface area (Å²) in [5.74, 6) is 0. The molecule has 0 bridgehead atoms. The van der Waals surface area contributed by atoms with Gasteiger partial charge in [-0.15, -0.1) is 0 Å². The molecule has 0 saturated carbocycles. The van der Waals surface area contributed by atoms with Gasteiger partial charge in [0.1, 0.15) is 0 Å². The van der Waals surface area contributed by atoms with Crippen LogP contribution in [0.5, 0.6) is 0 Å². The average Bonchev–Trinajstić information content (AvgIpc) is 2.90. The van der Waals surface area contributed by atoms with Crippen LogP contribution < -0.4 is 10.6 Å². The molecule has 8 heteroatoms. The molecule has 2 amide bonds. The normalized spacial score (nSPS) is 18.4. The van der Waals surface area contributed by atoms with Crippen molar-refractivity contribution in [1.82, 2.24) is 15.5 Å². The summed E-state index contributed by atoms with van der Waals surface area (Å²) in [4.78, 5) is 13.1. The quantitative estimate of drug-likeness (QED) is 0.889. The first-order valence-electron chi connectivity index (χ1n) is 7.18. The first kappa shape index (κ1) is 17.1. The van der Waals surface area contributed by atoms with Crippen molar-refractivity contribution < 1.29 is 18.0 Å². The summed E-state index contributed by atoms with van der Waals surface area (Å²) >= 11 is 0. The SMILES string of the molecule is N#Cc1ccc(CNC(=O)N[C@@H]2CCN(CC(F)(F)F)C2)cc1. The van der Waals surface area contributed by atoms with E-state index in [0.29, 0.717) is 18.5 Å². The van der Waals surface area contributed by atoms with Gasteiger partial charge in [0.15, 0.2) is 0 Å². The average molecular weight is 326 g/mol. The molecule has 1 atom stereocenters. The Morgan fingerprint density at radius 2 is 2.04 bits per heavy atom. The Morgan fingerprint density at radius 3 is 2.65 bits per heavy atom. The minimum Gasteiger partial charge on any atom is -0.334 e. The minimum atomic E-state index is -4.22. The van der Waals surface area contributed by atoms with E-state index in [1.54, 1.807) is 24.3 Å². The number of carbonyl (C=O) groups is 1. The predicted molar refractivity (Wildman–Crippen MR) is 77.4 cm³/mol. The van der Waals surface area contributed by atoms with Crippen LogP contribution in [0.2, 0.25) is 0 Å². The van der Waals surface area contributed by atoms with E-state index in [9.17, 15) is 18.0 Å². The number of nitrogens with one attached hydrogen (secondary N) is 2. The van der Waals surface area contributed by atoms with E-state index < -0.39 is 18.8 Å². The summed E-state index contributed by atoms with van der Waals surface area (Å²) < 4.78 is 36.9. The maximum atomic E-state index is 12.3. The van der Waals surface area contributed by atoms with Crippen molar-refractivity contribution in [2.45, 2.75) is 25.2 Å². The van der Waals surface area contributed by atoms with Crippen LogP contribution in [0.1, 0.15) is 17.5 Å². The van der Waals surface area contributed by atoms with Crippen molar-refractivity contribution in [1.29, 1.82) is 5.26 Å². The van der Waals surface area contributed by atoms with Gasteiger partial charge in [-0.1, -0.05) is 12.1 Å². The Bertz CT molecular complexity index is 580. The molecule has 23 heavy (non-hydrogen) atoms. The smallest absolute Gasteiger partial charge is 0.334 e. The Morgan fingerprint density at radius 1 is 1.35 bits per heavy atom. The molecule has 2 rings (SSSR count). The molecule has 5 nitrogen and oxygen atoms in total. The Hall–Kier alpha value is -2.27. The molecule has 1 aliphatic heterocycles. The Balaban J connectivity index is 1.72. The van der Waals surface area contributed by atoms with Crippen LogP contribution in [0.25, 0.3) is 0 Å². The van der Waals surface area contributed by atoms with E-state index in [2.05, 4.69) is 10.6 Å². The number of carbonyl (C=O) groups excluding carboxylic acids is 1.